The molecule has 0 aromatic rings. The standard InChI is InChI=1S/C3H8N2O4/c6-1-4-3(8)5(9)2-7/h6-7,9H,1-2H2,(H,4,8). The monoisotopic (exact) mass is 136 g/mol. The zero-order valence-corrected chi connectivity index (χ0v) is 4.61. The molecule has 0 aromatic carbocycles. The second-order valence-electron chi connectivity index (χ2n) is 1.18. The first-order chi connectivity index (χ1) is 4.22. The average Bonchev–Trinajstić information content (AvgIpc) is 1.87. The third-order valence-corrected chi connectivity index (χ3v) is 0.599. The number of amides is 2. The molecular formula is C3H8N2O4. The molecule has 9 heavy (non-hydrogen) atoms. The predicted octanol–water partition coefficient (Wildman–Crippen LogP) is -1.71. The molecule has 0 aliphatic carbocycles. The number of hydrogen-bond donors (Lipinski definition) is 4. The fraction of sp³-hybridized carbons (Fsp3) is 0.667. The van der Waals surface area contributed by atoms with Gasteiger partial charge in [0.1, 0.15) is 13.5 Å². The van der Waals surface area contributed by atoms with E-state index in [9.17, 15) is 4.79 Å². The highest BCUT2D eigenvalue weighted by molar-refractivity contribution is 5.72. The Morgan fingerprint density at radius 2 is 2.11 bits per heavy atom. The smallest absolute Gasteiger partial charge is 0.345 e. The van der Waals surface area contributed by atoms with Gasteiger partial charge in [0.05, 0.1) is 0 Å². The van der Waals surface area contributed by atoms with E-state index >= 15 is 0 Å². The van der Waals surface area contributed by atoms with Crippen molar-refractivity contribution in [1.29, 1.82) is 0 Å². The molecule has 6 heteroatoms. The summed E-state index contributed by atoms with van der Waals surface area (Å²) in [5.74, 6) is 0. The van der Waals surface area contributed by atoms with Gasteiger partial charge < -0.3 is 15.5 Å². The molecule has 0 aromatic heterocycles. The Labute approximate surface area is 51.3 Å². The molecule has 0 saturated heterocycles. The fourth-order valence-corrected chi connectivity index (χ4v) is 0.223. The molecular weight excluding hydrogens is 128 g/mol. The highest BCUT2D eigenvalue weighted by atomic mass is 16.5. The lowest BCUT2D eigenvalue weighted by Gasteiger charge is -2.09. The molecule has 0 fully saturated rings. The molecule has 0 aliphatic rings. The van der Waals surface area contributed by atoms with E-state index in [4.69, 9.17) is 15.4 Å². The lowest BCUT2D eigenvalue weighted by molar-refractivity contribution is -0.0976. The van der Waals surface area contributed by atoms with Crippen LogP contribution in [-0.2, 0) is 0 Å². The zero-order chi connectivity index (χ0) is 7.28. The van der Waals surface area contributed by atoms with E-state index in [0.29, 0.717) is 0 Å². The number of urea groups is 1. The maximum atomic E-state index is 10.2. The summed E-state index contributed by atoms with van der Waals surface area (Å²) in [4.78, 5) is 10.2. The largest absolute Gasteiger partial charge is 0.376 e. The molecule has 0 rings (SSSR count). The van der Waals surface area contributed by atoms with Crippen LogP contribution >= 0.6 is 0 Å². The molecule has 2 amide bonds. The second kappa shape index (κ2) is 4.07. The van der Waals surface area contributed by atoms with Crippen LogP contribution in [0.4, 0.5) is 4.79 Å². The first-order valence-corrected chi connectivity index (χ1v) is 2.18. The van der Waals surface area contributed by atoms with Crippen LogP contribution in [0.15, 0.2) is 0 Å². The first kappa shape index (κ1) is 8.15. The van der Waals surface area contributed by atoms with Crippen molar-refractivity contribution in [2.45, 2.75) is 0 Å². The summed E-state index contributed by atoms with van der Waals surface area (Å²) in [7, 11) is 0. The van der Waals surface area contributed by atoms with E-state index in [0.717, 1.165) is 0 Å². The van der Waals surface area contributed by atoms with Gasteiger partial charge in [-0.05, 0) is 0 Å². The molecule has 0 saturated carbocycles. The highest BCUT2D eigenvalue weighted by Crippen LogP contribution is 1.77. The Balaban J connectivity index is 3.46. The quantitative estimate of drug-likeness (QED) is 0.206. The third kappa shape index (κ3) is 2.85. The van der Waals surface area contributed by atoms with Crippen LogP contribution in [-0.4, -0.2) is 40.0 Å². The van der Waals surface area contributed by atoms with Gasteiger partial charge in [-0.15, -0.1) is 0 Å². The minimum Gasteiger partial charge on any atom is -0.376 e. The minimum absolute atomic E-state index is 0.0240. The van der Waals surface area contributed by atoms with Crippen LogP contribution in [0.3, 0.4) is 0 Å². The Kier molecular flexibility index (Phi) is 3.69. The summed E-state index contributed by atoms with van der Waals surface area (Å²) in [5, 5.41) is 26.3. The van der Waals surface area contributed by atoms with Crippen LogP contribution in [0.5, 0.6) is 0 Å². The number of nitrogens with one attached hydrogen (secondary N) is 1. The number of aliphatic hydroxyl groups excluding tert-OH is 2. The van der Waals surface area contributed by atoms with Gasteiger partial charge in [-0.1, -0.05) is 0 Å². The van der Waals surface area contributed by atoms with Gasteiger partial charge in [0.15, 0.2) is 0 Å². The maximum Gasteiger partial charge on any atom is 0.345 e. The SMILES string of the molecule is O=C(NCO)N(O)CO. The summed E-state index contributed by atoms with van der Waals surface area (Å²) in [5.41, 5.74) is 0. The first-order valence-electron chi connectivity index (χ1n) is 2.18. The Morgan fingerprint density at radius 1 is 1.56 bits per heavy atom. The van der Waals surface area contributed by atoms with Crippen LogP contribution in [0.1, 0.15) is 0 Å². The molecule has 0 radical (unpaired) electrons. The molecule has 0 unspecified atom stereocenters. The molecule has 0 bridgehead atoms. The number of hydrogen-bond acceptors (Lipinski definition) is 4. The van der Waals surface area contributed by atoms with Crippen molar-refractivity contribution in [2.24, 2.45) is 0 Å². The van der Waals surface area contributed by atoms with Gasteiger partial charge in [0, 0.05) is 0 Å². The molecule has 54 valence electrons. The predicted molar refractivity (Wildman–Crippen MR) is 26.3 cm³/mol. The normalized spacial score (nSPS) is 8.78. The summed E-state index contributed by atoms with van der Waals surface area (Å²) in [6.07, 6.45) is 0. The molecule has 0 aliphatic heterocycles. The van der Waals surface area contributed by atoms with Gasteiger partial charge in [-0.3, -0.25) is 5.21 Å². The summed E-state index contributed by atoms with van der Waals surface area (Å²) in [6.45, 7) is -1.37. The molecule has 4 N–H and O–H groups in total. The van der Waals surface area contributed by atoms with Gasteiger partial charge >= 0.3 is 6.03 Å². The maximum absolute atomic E-state index is 10.2. The van der Waals surface area contributed by atoms with Crippen molar-refractivity contribution in [3.05, 3.63) is 0 Å². The van der Waals surface area contributed by atoms with E-state index in [1.807, 2.05) is 5.32 Å². The fourth-order valence-electron chi connectivity index (χ4n) is 0.223. The van der Waals surface area contributed by atoms with Crippen molar-refractivity contribution in [3.8, 4) is 0 Å². The van der Waals surface area contributed by atoms with E-state index in [2.05, 4.69) is 0 Å². The number of aliphatic hydroxyl groups is 2. The van der Waals surface area contributed by atoms with Crippen molar-refractivity contribution in [3.63, 3.8) is 0 Å². The van der Waals surface area contributed by atoms with Crippen LogP contribution in [0.25, 0.3) is 0 Å². The lowest BCUT2D eigenvalue weighted by atomic mass is 10.9. The molecule has 0 heterocycles. The third-order valence-electron chi connectivity index (χ3n) is 0.599. The number of carbonyl (C=O) groups excluding carboxylic acids is 1. The van der Waals surface area contributed by atoms with Gasteiger partial charge in [0.25, 0.3) is 0 Å². The van der Waals surface area contributed by atoms with Crippen LogP contribution in [0.2, 0.25) is 0 Å². The average molecular weight is 136 g/mol. The van der Waals surface area contributed by atoms with E-state index < -0.39 is 19.5 Å². The molecule has 0 atom stereocenters. The van der Waals surface area contributed by atoms with Crippen LogP contribution in [0, 0.1) is 0 Å². The Morgan fingerprint density at radius 3 is 2.44 bits per heavy atom. The zero-order valence-electron chi connectivity index (χ0n) is 4.61. The van der Waals surface area contributed by atoms with E-state index in [1.165, 1.54) is 0 Å². The van der Waals surface area contributed by atoms with Crippen LogP contribution < -0.4 is 5.32 Å². The van der Waals surface area contributed by atoms with E-state index in [1.54, 1.807) is 0 Å². The summed E-state index contributed by atoms with van der Waals surface area (Å²) >= 11 is 0. The molecule has 0 spiro atoms. The van der Waals surface area contributed by atoms with Crippen molar-refractivity contribution in [2.75, 3.05) is 13.5 Å². The highest BCUT2D eigenvalue weighted by Gasteiger charge is 2.05. The van der Waals surface area contributed by atoms with Crippen molar-refractivity contribution < 1.29 is 20.2 Å². The summed E-state index contributed by atoms with van der Waals surface area (Å²) < 4.78 is 0. The van der Waals surface area contributed by atoms with Crippen molar-refractivity contribution >= 4 is 6.03 Å². The number of rotatable bonds is 2. The summed E-state index contributed by atoms with van der Waals surface area (Å²) in [6, 6.07) is -0.944. The Bertz CT molecular complexity index is 95.8. The van der Waals surface area contributed by atoms with E-state index in [-0.39, 0.29) is 5.06 Å². The number of carbonyl (C=O) groups is 1. The number of hydroxylamine groups is 2. The minimum atomic E-state index is -0.944. The topological polar surface area (TPSA) is 93.0 Å². The van der Waals surface area contributed by atoms with Gasteiger partial charge in [0.2, 0.25) is 0 Å². The second-order valence-corrected chi connectivity index (χ2v) is 1.18. The number of nitrogens with zero attached hydrogens (tertiary/aromatic N) is 1. The van der Waals surface area contributed by atoms with Crippen molar-refractivity contribution in [1.82, 2.24) is 10.4 Å². The Hall–Kier alpha value is -0.850. The van der Waals surface area contributed by atoms with Gasteiger partial charge in [-0.2, -0.15) is 5.06 Å². The van der Waals surface area contributed by atoms with Gasteiger partial charge in [-0.25, -0.2) is 4.79 Å². The lowest BCUT2D eigenvalue weighted by Crippen LogP contribution is -2.38. The molecule has 6 nitrogen and oxygen atoms in total.